The second-order valence-corrected chi connectivity index (χ2v) is 6.69. The monoisotopic (exact) mass is 300 g/mol. The molecule has 1 aliphatic carbocycles. The van der Waals surface area contributed by atoms with Gasteiger partial charge in [0.25, 0.3) is 0 Å². The maximum atomic E-state index is 12.5. The number of hydrogen-bond acceptors (Lipinski definition) is 2. The molecule has 2 aliphatic rings. The van der Waals surface area contributed by atoms with Crippen LogP contribution in [0.15, 0.2) is 18.2 Å². The van der Waals surface area contributed by atoms with Crippen molar-refractivity contribution in [3.05, 3.63) is 29.3 Å². The Labute approximate surface area is 131 Å². The van der Waals surface area contributed by atoms with Gasteiger partial charge in [0, 0.05) is 24.7 Å². The zero-order valence-electron chi connectivity index (χ0n) is 13.4. The molecule has 4 nitrogen and oxygen atoms in total. The summed E-state index contributed by atoms with van der Waals surface area (Å²) in [5, 5.41) is 2.99. The maximum absolute atomic E-state index is 12.5. The summed E-state index contributed by atoms with van der Waals surface area (Å²) < 4.78 is 0. The third kappa shape index (κ3) is 3.01. The van der Waals surface area contributed by atoms with Gasteiger partial charge in [-0.1, -0.05) is 30.5 Å². The number of carbonyl (C=O) groups is 2. The molecule has 0 bridgehead atoms. The van der Waals surface area contributed by atoms with E-state index < -0.39 is 0 Å². The summed E-state index contributed by atoms with van der Waals surface area (Å²) in [6, 6.07) is 6.35. The van der Waals surface area contributed by atoms with E-state index in [-0.39, 0.29) is 17.7 Å². The summed E-state index contributed by atoms with van der Waals surface area (Å²) >= 11 is 0. The molecule has 1 unspecified atom stereocenters. The topological polar surface area (TPSA) is 49.4 Å². The Balaban J connectivity index is 1.64. The molecule has 3 rings (SSSR count). The van der Waals surface area contributed by atoms with E-state index in [1.807, 2.05) is 30.9 Å². The number of likely N-dealkylation sites (tertiary alicyclic amines) is 1. The molecule has 22 heavy (non-hydrogen) atoms. The number of benzene rings is 1. The molecule has 0 radical (unpaired) electrons. The smallest absolute Gasteiger partial charge is 0.229 e. The van der Waals surface area contributed by atoms with E-state index in [4.69, 9.17) is 0 Å². The van der Waals surface area contributed by atoms with Gasteiger partial charge in [0.05, 0.1) is 5.92 Å². The molecule has 1 heterocycles. The fraction of sp³-hybridized carbons (Fsp3) is 0.556. The van der Waals surface area contributed by atoms with Gasteiger partial charge in [0.2, 0.25) is 11.8 Å². The van der Waals surface area contributed by atoms with Crippen molar-refractivity contribution in [3.8, 4) is 0 Å². The van der Waals surface area contributed by atoms with Crippen molar-refractivity contribution in [1.82, 2.24) is 4.90 Å². The molecular weight excluding hydrogens is 276 g/mol. The highest BCUT2D eigenvalue weighted by Crippen LogP contribution is 2.30. The average molecular weight is 300 g/mol. The lowest BCUT2D eigenvalue weighted by molar-refractivity contribution is -0.129. The number of aryl methyl sites for hydroxylation is 2. The molecule has 2 fully saturated rings. The summed E-state index contributed by atoms with van der Waals surface area (Å²) in [4.78, 5) is 26.6. The van der Waals surface area contributed by atoms with Crippen molar-refractivity contribution in [2.45, 2.75) is 52.0 Å². The third-order valence-corrected chi connectivity index (χ3v) is 4.93. The van der Waals surface area contributed by atoms with E-state index in [1.165, 1.54) is 18.4 Å². The molecule has 1 atom stereocenters. The highest BCUT2D eigenvalue weighted by atomic mass is 16.2. The van der Waals surface area contributed by atoms with Crippen LogP contribution in [0.4, 0.5) is 5.69 Å². The maximum Gasteiger partial charge on any atom is 0.229 e. The van der Waals surface area contributed by atoms with Gasteiger partial charge in [0.1, 0.15) is 0 Å². The standard InChI is InChI=1S/C18H24N2O2/c1-12-7-8-16(13(2)9-12)19-18(22)14-10-17(21)20(11-14)15-5-3-4-6-15/h7-9,14-15H,3-6,10-11H2,1-2H3,(H,19,22). The van der Waals surface area contributed by atoms with E-state index in [2.05, 4.69) is 11.4 Å². The zero-order valence-corrected chi connectivity index (χ0v) is 13.4. The molecule has 4 heteroatoms. The fourth-order valence-corrected chi connectivity index (χ4v) is 3.66. The summed E-state index contributed by atoms with van der Waals surface area (Å²) in [6.07, 6.45) is 4.95. The highest BCUT2D eigenvalue weighted by Gasteiger charge is 2.38. The normalized spacial score (nSPS) is 22.4. The minimum Gasteiger partial charge on any atom is -0.339 e. The summed E-state index contributed by atoms with van der Waals surface area (Å²) in [7, 11) is 0. The Kier molecular flexibility index (Phi) is 4.19. The molecule has 1 aliphatic heterocycles. The van der Waals surface area contributed by atoms with E-state index in [9.17, 15) is 9.59 Å². The average Bonchev–Trinajstić information content (AvgIpc) is 3.10. The second-order valence-electron chi connectivity index (χ2n) is 6.69. The molecule has 1 saturated heterocycles. The quantitative estimate of drug-likeness (QED) is 0.933. The van der Waals surface area contributed by atoms with Gasteiger partial charge in [-0.2, -0.15) is 0 Å². The number of anilines is 1. The van der Waals surface area contributed by atoms with Crippen LogP contribution in [0.2, 0.25) is 0 Å². The first kappa shape index (κ1) is 15.1. The van der Waals surface area contributed by atoms with Crippen LogP contribution in [0, 0.1) is 19.8 Å². The van der Waals surface area contributed by atoms with Crippen LogP contribution < -0.4 is 5.32 Å². The Bertz CT molecular complexity index is 591. The van der Waals surface area contributed by atoms with E-state index in [0.29, 0.717) is 19.0 Å². The Morgan fingerprint density at radius 1 is 1.23 bits per heavy atom. The molecular formula is C18H24N2O2. The zero-order chi connectivity index (χ0) is 15.7. The first-order valence-electron chi connectivity index (χ1n) is 8.22. The van der Waals surface area contributed by atoms with Crippen LogP contribution in [0.1, 0.15) is 43.2 Å². The summed E-state index contributed by atoms with van der Waals surface area (Å²) in [5.74, 6) is -0.0951. The first-order chi connectivity index (χ1) is 10.5. The lowest BCUT2D eigenvalue weighted by Crippen LogP contribution is -2.35. The third-order valence-electron chi connectivity index (χ3n) is 4.93. The van der Waals surface area contributed by atoms with Crippen LogP contribution in [-0.4, -0.2) is 29.3 Å². The lowest BCUT2D eigenvalue weighted by Gasteiger charge is -2.24. The van der Waals surface area contributed by atoms with E-state index in [0.717, 1.165) is 24.1 Å². The number of nitrogens with zero attached hydrogens (tertiary/aromatic N) is 1. The van der Waals surface area contributed by atoms with Gasteiger partial charge >= 0.3 is 0 Å². The Morgan fingerprint density at radius 3 is 2.64 bits per heavy atom. The number of amides is 2. The Hall–Kier alpha value is -1.84. The molecule has 0 aromatic heterocycles. The van der Waals surface area contributed by atoms with Crippen molar-refractivity contribution in [3.63, 3.8) is 0 Å². The largest absolute Gasteiger partial charge is 0.339 e. The van der Waals surface area contributed by atoms with E-state index >= 15 is 0 Å². The highest BCUT2D eigenvalue weighted by molar-refractivity contribution is 5.97. The van der Waals surface area contributed by atoms with Crippen LogP contribution >= 0.6 is 0 Å². The van der Waals surface area contributed by atoms with Crippen molar-refractivity contribution >= 4 is 17.5 Å². The van der Waals surface area contributed by atoms with E-state index in [1.54, 1.807) is 0 Å². The number of hydrogen-bond donors (Lipinski definition) is 1. The fourth-order valence-electron chi connectivity index (χ4n) is 3.66. The van der Waals surface area contributed by atoms with Gasteiger partial charge in [0.15, 0.2) is 0 Å². The summed E-state index contributed by atoms with van der Waals surface area (Å²) in [5.41, 5.74) is 3.09. The summed E-state index contributed by atoms with van der Waals surface area (Å²) in [6.45, 7) is 4.61. The van der Waals surface area contributed by atoms with Gasteiger partial charge in [-0.3, -0.25) is 9.59 Å². The Morgan fingerprint density at radius 2 is 1.95 bits per heavy atom. The molecule has 1 aromatic carbocycles. The molecule has 1 aromatic rings. The molecule has 1 saturated carbocycles. The molecule has 2 amide bonds. The van der Waals surface area contributed by atoms with Crippen molar-refractivity contribution in [2.24, 2.45) is 5.92 Å². The van der Waals surface area contributed by atoms with Crippen LogP contribution in [0.5, 0.6) is 0 Å². The minimum atomic E-state index is -0.214. The number of rotatable bonds is 3. The lowest BCUT2D eigenvalue weighted by atomic mass is 10.1. The number of nitrogens with one attached hydrogen (secondary N) is 1. The number of carbonyl (C=O) groups excluding carboxylic acids is 2. The SMILES string of the molecule is Cc1ccc(NC(=O)C2CC(=O)N(C3CCCC3)C2)c(C)c1. The van der Waals surface area contributed by atoms with Crippen LogP contribution in [0.3, 0.4) is 0 Å². The molecule has 0 spiro atoms. The molecule has 118 valence electrons. The minimum absolute atomic E-state index is 0.0270. The van der Waals surface area contributed by atoms with Crippen molar-refractivity contribution < 1.29 is 9.59 Å². The second kappa shape index (κ2) is 6.11. The predicted molar refractivity (Wildman–Crippen MR) is 86.6 cm³/mol. The predicted octanol–water partition coefficient (Wildman–Crippen LogP) is 3.03. The van der Waals surface area contributed by atoms with Crippen LogP contribution in [0.25, 0.3) is 0 Å². The first-order valence-corrected chi connectivity index (χ1v) is 8.22. The van der Waals surface area contributed by atoms with Crippen molar-refractivity contribution in [2.75, 3.05) is 11.9 Å². The van der Waals surface area contributed by atoms with Gasteiger partial charge < -0.3 is 10.2 Å². The van der Waals surface area contributed by atoms with Crippen LogP contribution in [-0.2, 0) is 9.59 Å². The molecule has 1 N–H and O–H groups in total. The van der Waals surface area contributed by atoms with Gasteiger partial charge in [-0.05, 0) is 38.3 Å². The van der Waals surface area contributed by atoms with Gasteiger partial charge in [-0.25, -0.2) is 0 Å². The van der Waals surface area contributed by atoms with Crippen molar-refractivity contribution in [1.29, 1.82) is 0 Å². The van der Waals surface area contributed by atoms with Gasteiger partial charge in [-0.15, -0.1) is 0 Å².